The molecule has 1 heterocycles. The maximum absolute atomic E-state index is 11.9. The van der Waals surface area contributed by atoms with Crippen LogP contribution in [0.25, 0.3) is 0 Å². The molecular weight excluding hydrogens is 268 g/mol. The molecule has 0 saturated heterocycles. The Morgan fingerprint density at radius 1 is 1.44 bits per heavy atom. The van der Waals surface area contributed by atoms with E-state index in [4.69, 9.17) is 0 Å². The van der Waals surface area contributed by atoms with Crippen molar-refractivity contribution in [3.63, 3.8) is 0 Å². The molecule has 1 rings (SSSR count). The van der Waals surface area contributed by atoms with Crippen LogP contribution in [-0.2, 0) is 4.79 Å². The van der Waals surface area contributed by atoms with Crippen LogP contribution in [0.2, 0.25) is 0 Å². The summed E-state index contributed by atoms with van der Waals surface area (Å²) in [6.07, 6.45) is 0. The zero-order valence-electron chi connectivity index (χ0n) is 11.4. The van der Waals surface area contributed by atoms with E-state index in [1.165, 1.54) is 23.1 Å². The standard InChI is InChI=1S/C11H20N4OS2/c1-6-12-9-14-15-10(18-9)17-7(2)8(16)13-11(3,4)5/h7H,6H2,1-5H3,(H,12,14)(H,13,16)/t7-/m1/s1. The van der Waals surface area contributed by atoms with Crippen LogP contribution in [0.5, 0.6) is 0 Å². The van der Waals surface area contributed by atoms with Crippen LogP contribution in [0, 0.1) is 0 Å². The van der Waals surface area contributed by atoms with E-state index in [2.05, 4.69) is 20.8 Å². The molecule has 0 aliphatic heterocycles. The molecule has 0 saturated carbocycles. The molecule has 0 aliphatic rings. The molecule has 0 aromatic carbocycles. The highest BCUT2D eigenvalue weighted by molar-refractivity contribution is 8.02. The van der Waals surface area contributed by atoms with E-state index in [0.717, 1.165) is 16.0 Å². The Kier molecular flexibility index (Phi) is 5.40. The average molecular weight is 288 g/mol. The van der Waals surface area contributed by atoms with Crippen molar-refractivity contribution in [2.24, 2.45) is 0 Å². The van der Waals surface area contributed by atoms with Gasteiger partial charge in [0.05, 0.1) is 5.25 Å². The fraction of sp³-hybridized carbons (Fsp3) is 0.727. The largest absolute Gasteiger partial charge is 0.360 e. The van der Waals surface area contributed by atoms with Gasteiger partial charge < -0.3 is 10.6 Å². The second kappa shape index (κ2) is 6.38. The van der Waals surface area contributed by atoms with Crippen LogP contribution in [0.3, 0.4) is 0 Å². The van der Waals surface area contributed by atoms with E-state index in [1.54, 1.807) is 0 Å². The van der Waals surface area contributed by atoms with Gasteiger partial charge in [-0.3, -0.25) is 4.79 Å². The van der Waals surface area contributed by atoms with Crippen molar-refractivity contribution < 1.29 is 4.79 Å². The van der Waals surface area contributed by atoms with E-state index < -0.39 is 0 Å². The SMILES string of the molecule is CCNc1nnc(S[C@H](C)C(=O)NC(C)(C)C)s1. The molecule has 0 bridgehead atoms. The molecule has 1 atom stereocenters. The second-order valence-corrected chi connectivity index (χ2v) is 7.47. The molecule has 0 unspecified atom stereocenters. The summed E-state index contributed by atoms with van der Waals surface area (Å²) in [5.41, 5.74) is -0.206. The molecule has 18 heavy (non-hydrogen) atoms. The van der Waals surface area contributed by atoms with Gasteiger partial charge in [-0.15, -0.1) is 10.2 Å². The number of thioether (sulfide) groups is 1. The number of amides is 1. The number of hydrogen-bond acceptors (Lipinski definition) is 6. The van der Waals surface area contributed by atoms with E-state index in [-0.39, 0.29) is 16.7 Å². The van der Waals surface area contributed by atoms with Gasteiger partial charge in [-0.1, -0.05) is 23.1 Å². The number of aromatic nitrogens is 2. The number of rotatable bonds is 5. The summed E-state index contributed by atoms with van der Waals surface area (Å²) >= 11 is 2.90. The van der Waals surface area contributed by atoms with Crippen LogP contribution in [0.4, 0.5) is 5.13 Å². The van der Waals surface area contributed by atoms with Gasteiger partial charge in [-0.2, -0.15) is 0 Å². The van der Waals surface area contributed by atoms with E-state index in [9.17, 15) is 4.79 Å². The van der Waals surface area contributed by atoms with Gasteiger partial charge in [0, 0.05) is 12.1 Å². The molecule has 102 valence electrons. The predicted octanol–water partition coefficient (Wildman–Crippen LogP) is 2.37. The Hall–Kier alpha value is -0.820. The molecule has 1 aromatic rings. The third-order valence-electron chi connectivity index (χ3n) is 1.88. The summed E-state index contributed by atoms with van der Waals surface area (Å²) in [4.78, 5) is 11.9. The normalized spacial score (nSPS) is 13.2. The summed E-state index contributed by atoms with van der Waals surface area (Å²) in [6.45, 7) is 10.6. The highest BCUT2D eigenvalue weighted by Crippen LogP contribution is 2.28. The number of carbonyl (C=O) groups is 1. The van der Waals surface area contributed by atoms with Crippen molar-refractivity contribution in [1.29, 1.82) is 0 Å². The molecule has 7 heteroatoms. The van der Waals surface area contributed by atoms with Gasteiger partial charge in [-0.25, -0.2) is 0 Å². The minimum atomic E-state index is -0.206. The zero-order chi connectivity index (χ0) is 13.8. The molecule has 0 spiro atoms. The predicted molar refractivity (Wildman–Crippen MR) is 77.3 cm³/mol. The molecule has 5 nitrogen and oxygen atoms in total. The van der Waals surface area contributed by atoms with Crippen LogP contribution < -0.4 is 10.6 Å². The minimum Gasteiger partial charge on any atom is -0.360 e. The van der Waals surface area contributed by atoms with Crippen molar-refractivity contribution in [2.45, 2.75) is 49.7 Å². The molecule has 0 radical (unpaired) electrons. The Bertz CT molecular complexity index is 400. The van der Waals surface area contributed by atoms with Gasteiger partial charge in [0.15, 0.2) is 4.34 Å². The first-order chi connectivity index (χ1) is 8.31. The third kappa shape index (κ3) is 5.22. The van der Waals surface area contributed by atoms with Crippen molar-refractivity contribution in [1.82, 2.24) is 15.5 Å². The molecular formula is C11H20N4OS2. The highest BCUT2D eigenvalue weighted by atomic mass is 32.2. The summed E-state index contributed by atoms with van der Waals surface area (Å²) in [5.74, 6) is 0.0210. The van der Waals surface area contributed by atoms with Gasteiger partial charge in [-0.05, 0) is 34.6 Å². The van der Waals surface area contributed by atoms with E-state index in [1.807, 2.05) is 34.6 Å². The molecule has 1 aromatic heterocycles. The van der Waals surface area contributed by atoms with Crippen molar-refractivity contribution >= 4 is 34.1 Å². The lowest BCUT2D eigenvalue weighted by Crippen LogP contribution is -2.44. The molecule has 1 amide bonds. The zero-order valence-corrected chi connectivity index (χ0v) is 13.0. The third-order valence-corrected chi connectivity index (χ3v) is 3.94. The first-order valence-electron chi connectivity index (χ1n) is 5.88. The van der Waals surface area contributed by atoms with Crippen LogP contribution in [0.1, 0.15) is 34.6 Å². The molecule has 2 N–H and O–H groups in total. The van der Waals surface area contributed by atoms with Crippen LogP contribution in [0.15, 0.2) is 4.34 Å². The quantitative estimate of drug-likeness (QED) is 0.814. The number of carbonyl (C=O) groups excluding carboxylic acids is 1. The van der Waals surface area contributed by atoms with Crippen LogP contribution in [-0.4, -0.2) is 33.4 Å². The number of hydrogen-bond donors (Lipinski definition) is 2. The Balaban J connectivity index is 2.52. The molecule has 0 aliphatic carbocycles. The van der Waals surface area contributed by atoms with Gasteiger partial charge in [0.2, 0.25) is 11.0 Å². The first kappa shape index (κ1) is 15.2. The topological polar surface area (TPSA) is 66.9 Å². The average Bonchev–Trinajstić information content (AvgIpc) is 2.63. The number of anilines is 1. The Morgan fingerprint density at radius 3 is 2.67 bits per heavy atom. The van der Waals surface area contributed by atoms with Crippen molar-refractivity contribution in [2.75, 3.05) is 11.9 Å². The first-order valence-corrected chi connectivity index (χ1v) is 7.57. The van der Waals surface area contributed by atoms with Crippen molar-refractivity contribution in [3.8, 4) is 0 Å². The molecule has 0 fully saturated rings. The Morgan fingerprint density at radius 2 is 2.11 bits per heavy atom. The lowest BCUT2D eigenvalue weighted by molar-refractivity contribution is -0.121. The monoisotopic (exact) mass is 288 g/mol. The van der Waals surface area contributed by atoms with Crippen LogP contribution >= 0.6 is 23.1 Å². The maximum Gasteiger partial charge on any atom is 0.233 e. The second-order valence-electron chi connectivity index (χ2n) is 4.90. The van der Waals surface area contributed by atoms with Gasteiger partial charge >= 0.3 is 0 Å². The summed E-state index contributed by atoms with van der Waals surface area (Å²) in [6, 6.07) is 0. The van der Waals surface area contributed by atoms with E-state index in [0.29, 0.717) is 0 Å². The summed E-state index contributed by atoms with van der Waals surface area (Å²) in [7, 11) is 0. The fourth-order valence-corrected chi connectivity index (χ4v) is 3.12. The summed E-state index contributed by atoms with van der Waals surface area (Å²) < 4.78 is 0.808. The van der Waals surface area contributed by atoms with Crippen molar-refractivity contribution in [3.05, 3.63) is 0 Å². The smallest absolute Gasteiger partial charge is 0.233 e. The lowest BCUT2D eigenvalue weighted by atomic mass is 10.1. The van der Waals surface area contributed by atoms with Gasteiger partial charge in [0.1, 0.15) is 0 Å². The number of nitrogens with one attached hydrogen (secondary N) is 2. The lowest BCUT2D eigenvalue weighted by Gasteiger charge is -2.22. The highest BCUT2D eigenvalue weighted by Gasteiger charge is 2.21. The van der Waals surface area contributed by atoms with Gasteiger partial charge in [0.25, 0.3) is 0 Å². The number of nitrogens with zero attached hydrogens (tertiary/aromatic N) is 2. The summed E-state index contributed by atoms with van der Waals surface area (Å²) in [5, 5.41) is 14.7. The minimum absolute atomic E-state index is 0.0210. The fourth-order valence-electron chi connectivity index (χ4n) is 1.16. The Labute approximate surface area is 116 Å². The maximum atomic E-state index is 11.9. The van der Waals surface area contributed by atoms with E-state index >= 15 is 0 Å².